The third-order valence-electron chi connectivity index (χ3n) is 3.26. The van der Waals surface area contributed by atoms with Gasteiger partial charge in [0.05, 0.1) is 5.02 Å². The highest BCUT2D eigenvalue weighted by atomic mass is 35.5. The van der Waals surface area contributed by atoms with Gasteiger partial charge in [0.25, 0.3) is 0 Å². The van der Waals surface area contributed by atoms with E-state index in [0.717, 1.165) is 13.0 Å². The monoisotopic (exact) mass is 313 g/mol. The number of nitrogens with zero attached hydrogens (tertiary/aromatic N) is 1. The molecule has 1 aromatic rings. The van der Waals surface area contributed by atoms with Crippen LogP contribution < -0.4 is 10.6 Å². The molecule has 0 aromatic heterocycles. The van der Waals surface area contributed by atoms with Gasteiger partial charge in [0, 0.05) is 26.2 Å². The smallest absolute Gasteiger partial charge is 0.311 e. The van der Waals surface area contributed by atoms with Crippen LogP contribution in [0, 0.1) is 5.82 Å². The molecule has 1 fully saturated rings. The summed E-state index contributed by atoms with van der Waals surface area (Å²) in [6, 6.07) is 4.17. The Balaban J connectivity index is 1.88. The van der Waals surface area contributed by atoms with Crippen LogP contribution in [0.3, 0.4) is 0 Å². The summed E-state index contributed by atoms with van der Waals surface area (Å²) in [5.74, 6) is -1.70. The second-order valence-corrected chi connectivity index (χ2v) is 5.23. The van der Waals surface area contributed by atoms with Crippen LogP contribution in [0.4, 0.5) is 4.39 Å². The summed E-state index contributed by atoms with van der Waals surface area (Å²) in [7, 11) is 0. The Bertz CT molecular complexity index is 531. The summed E-state index contributed by atoms with van der Waals surface area (Å²) < 4.78 is 13.0. The third kappa shape index (κ3) is 4.41. The van der Waals surface area contributed by atoms with E-state index in [2.05, 4.69) is 10.6 Å². The van der Waals surface area contributed by atoms with Crippen LogP contribution in [-0.2, 0) is 16.1 Å². The minimum atomic E-state index is -0.655. The SMILES string of the molecule is O=C(NCc1ccc(F)c(Cl)c1)C(=O)N1CCCNCC1. The van der Waals surface area contributed by atoms with E-state index in [-0.39, 0.29) is 11.6 Å². The first kappa shape index (κ1) is 15.7. The van der Waals surface area contributed by atoms with Gasteiger partial charge in [-0.1, -0.05) is 17.7 Å². The van der Waals surface area contributed by atoms with Gasteiger partial charge >= 0.3 is 11.8 Å². The predicted octanol–water partition coefficient (Wildman–Crippen LogP) is 0.917. The molecule has 0 saturated carbocycles. The van der Waals surface area contributed by atoms with E-state index in [0.29, 0.717) is 25.2 Å². The molecule has 0 radical (unpaired) electrons. The van der Waals surface area contributed by atoms with Crippen molar-refractivity contribution < 1.29 is 14.0 Å². The fraction of sp³-hybridized carbons (Fsp3) is 0.429. The van der Waals surface area contributed by atoms with Gasteiger partial charge < -0.3 is 15.5 Å². The van der Waals surface area contributed by atoms with Crippen molar-refractivity contribution in [2.45, 2.75) is 13.0 Å². The zero-order valence-corrected chi connectivity index (χ0v) is 12.3. The van der Waals surface area contributed by atoms with Crippen LogP contribution in [0.25, 0.3) is 0 Å². The minimum absolute atomic E-state index is 0.00771. The second-order valence-electron chi connectivity index (χ2n) is 4.83. The molecular weight excluding hydrogens is 297 g/mol. The maximum Gasteiger partial charge on any atom is 0.311 e. The van der Waals surface area contributed by atoms with Crippen molar-refractivity contribution in [2.75, 3.05) is 26.2 Å². The molecule has 114 valence electrons. The standard InChI is InChI=1S/C14H17ClFN3O2/c15-11-8-10(2-3-12(11)16)9-18-13(20)14(21)19-6-1-4-17-5-7-19/h2-3,8,17H,1,4-7,9H2,(H,18,20). The highest BCUT2D eigenvalue weighted by Gasteiger charge is 2.22. The Morgan fingerprint density at radius 1 is 1.33 bits per heavy atom. The Morgan fingerprint density at radius 3 is 2.90 bits per heavy atom. The molecule has 2 amide bonds. The maximum atomic E-state index is 13.0. The van der Waals surface area contributed by atoms with E-state index in [1.54, 1.807) is 0 Å². The average Bonchev–Trinajstić information content (AvgIpc) is 2.76. The van der Waals surface area contributed by atoms with E-state index < -0.39 is 17.6 Å². The topological polar surface area (TPSA) is 61.4 Å². The number of amides is 2. The number of carbonyl (C=O) groups excluding carboxylic acids is 2. The zero-order chi connectivity index (χ0) is 15.2. The Kier molecular flexibility index (Phi) is 5.52. The summed E-state index contributed by atoms with van der Waals surface area (Å²) in [5, 5.41) is 5.69. The Hall–Kier alpha value is -1.66. The number of hydrogen-bond acceptors (Lipinski definition) is 3. The highest BCUT2D eigenvalue weighted by molar-refractivity contribution is 6.35. The number of carbonyl (C=O) groups is 2. The number of benzene rings is 1. The van der Waals surface area contributed by atoms with Gasteiger partial charge in [-0.3, -0.25) is 9.59 Å². The molecule has 0 atom stereocenters. The summed E-state index contributed by atoms with van der Waals surface area (Å²) in [4.78, 5) is 25.4. The van der Waals surface area contributed by atoms with Gasteiger partial charge in [-0.2, -0.15) is 0 Å². The molecule has 21 heavy (non-hydrogen) atoms. The fourth-order valence-corrected chi connectivity index (χ4v) is 2.30. The normalized spacial score (nSPS) is 15.4. The lowest BCUT2D eigenvalue weighted by Gasteiger charge is -2.19. The highest BCUT2D eigenvalue weighted by Crippen LogP contribution is 2.15. The zero-order valence-electron chi connectivity index (χ0n) is 11.5. The Morgan fingerprint density at radius 2 is 2.14 bits per heavy atom. The van der Waals surface area contributed by atoms with Crippen molar-refractivity contribution in [2.24, 2.45) is 0 Å². The van der Waals surface area contributed by atoms with Crippen molar-refractivity contribution in [1.29, 1.82) is 0 Å². The van der Waals surface area contributed by atoms with Gasteiger partial charge in [-0.25, -0.2) is 4.39 Å². The molecule has 2 rings (SSSR count). The summed E-state index contributed by atoms with van der Waals surface area (Å²) in [6.45, 7) is 2.76. The quantitative estimate of drug-likeness (QED) is 0.798. The number of nitrogens with one attached hydrogen (secondary N) is 2. The van der Waals surface area contributed by atoms with Crippen molar-refractivity contribution in [3.63, 3.8) is 0 Å². The van der Waals surface area contributed by atoms with Crippen LogP contribution >= 0.6 is 11.6 Å². The van der Waals surface area contributed by atoms with Crippen molar-refractivity contribution in [3.05, 3.63) is 34.6 Å². The maximum absolute atomic E-state index is 13.0. The predicted molar refractivity (Wildman–Crippen MR) is 77.3 cm³/mol. The van der Waals surface area contributed by atoms with Gasteiger partial charge in [0.15, 0.2) is 0 Å². The first-order chi connectivity index (χ1) is 10.1. The molecule has 1 heterocycles. The molecule has 0 unspecified atom stereocenters. The van der Waals surface area contributed by atoms with Crippen LogP contribution in [0.1, 0.15) is 12.0 Å². The molecule has 1 saturated heterocycles. The van der Waals surface area contributed by atoms with Crippen LogP contribution in [0.2, 0.25) is 5.02 Å². The Labute approximate surface area is 127 Å². The van der Waals surface area contributed by atoms with E-state index >= 15 is 0 Å². The number of rotatable bonds is 2. The second kappa shape index (κ2) is 7.38. The lowest BCUT2D eigenvalue weighted by atomic mass is 10.2. The van der Waals surface area contributed by atoms with Crippen molar-refractivity contribution in [3.8, 4) is 0 Å². The largest absolute Gasteiger partial charge is 0.344 e. The third-order valence-corrected chi connectivity index (χ3v) is 3.55. The molecule has 2 N–H and O–H groups in total. The lowest BCUT2D eigenvalue weighted by Crippen LogP contribution is -2.44. The number of halogens is 2. The van der Waals surface area contributed by atoms with E-state index in [9.17, 15) is 14.0 Å². The summed E-state index contributed by atoms with van der Waals surface area (Å²) in [6.07, 6.45) is 0.826. The van der Waals surface area contributed by atoms with Gasteiger partial charge in [0.2, 0.25) is 0 Å². The molecule has 0 bridgehead atoms. The van der Waals surface area contributed by atoms with E-state index in [1.807, 2.05) is 0 Å². The first-order valence-electron chi connectivity index (χ1n) is 6.79. The van der Waals surface area contributed by atoms with E-state index in [4.69, 9.17) is 11.6 Å². The molecule has 5 nitrogen and oxygen atoms in total. The van der Waals surface area contributed by atoms with Gasteiger partial charge in [-0.15, -0.1) is 0 Å². The van der Waals surface area contributed by atoms with Crippen LogP contribution in [0.15, 0.2) is 18.2 Å². The summed E-state index contributed by atoms with van der Waals surface area (Å²) in [5.41, 5.74) is 0.639. The molecule has 1 aliphatic heterocycles. The molecule has 1 aliphatic rings. The van der Waals surface area contributed by atoms with Gasteiger partial charge in [0.1, 0.15) is 5.82 Å². The molecule has 7 heteroatoms. The lowest BCUT2D eigenvalue weighted by molar-refractivity contribution is -0.145. The van der Waals surface area contributed by atoms with E-state index in [1.165, 1.54) is 23.1 Å². The molecule has 1 aromatic carbocycles. The van der Waals surface area contributed by atoms with Gasteiger partial charge in [-0.05, 0) is 30.7 Å². The molecular formula is C14H17ClFN3O2. The fourth-order valence-electron chi connectivity index (χ4n) is 2.10. The molecule has 0 aliphatic carbocycles. The minimum Gasteiger partial charge on any atom is -0.344 e. The van der Waals surface area contributed by atoms with Crippen LogP contribution in [0.5, 0.6) is 0 Å². The first-order valence-corrected chi connectivity index (χ1v) is 7.17. The molecule has 0 spiro atoms. The number of hydrogen-bond donors (Lipinski definition) is 2. The van der Waals surface area contributed by atoms with Crippen LogP contribution in [-0.4, -0.2) is 42.9 Å². The average molecular weight is 314 g/mol. The summed E-state index contributed by atoms with van der Waals surface area (Å²) >= 11 is 5.66. The van der Waals surface area contributed by atoms with Crippen molar-refractivity contribution >= 4 is 23.4 Å². The van der Waals surface area contributed by atoms with Crippen molar-refractivity contribution in [1.82, 2.24) is 15.5 Å².